The van der Waals surface area contributed by atoms with E-state index < -0.39 is 8.38 Å². The van der Waals surface area contributed by atoms with Gasteiger partial charge in [-0.05, 0) is 27.4 Å². The second-order valence-corrected chi connectivity index (χ2v) is 3.72. The molecule has 54 valence electrons. The van der Waals surface area contributed by atoms with Gasteiger partial charge in [0.05, 0.1) is 0 Å². The van der Waals surface area contributed by atoms with E-state index in [2.05, 4.69) is 6.58 Å². The molecule has 10 heavy (non-hydrogen) atoms. The third-order valence-corrected chi connectivity index (χ3v) is 1.83. The minimum atomic E-state index is -1.52. The van der Waals surface area contributed by atoms with Crippen molar-refractivity contribution in [1.82, 2.24) is 0 Å². The molecule has 0 N–H and O–H groups in total. The Balaban J connectivity index is 0. The summed E-state index contributed by atoms with van der Waals surface area (Å²) in [5.41, 5.74) is 0. The van der Waals surface area contributed by atoms with Crippen molar-refractivity contribution in [3.05, 3.63) is 11.7 Å². The van der Waals surface area contributed by atoms with Crippen molar-refractivity contribution in [3.8, 4) is 0 Å². The molecule has 2 nitrogen and oxygen atoms in total. The summed E-state index contributed by atoms with van der Waals surface area (Å²) in [6, 6.07) is 0. The van der Waals surface area contributed by atoms with Crippen LogP contribution in [0.5, 0.6) is 0 Å². The van der Waals surface area contributed by atoms with E-state index in [1.54, 1.807) is 0 Å². The molecular weight excluding hydrogens is 178 g/mol. The molecule has 0 aromatic heterocycles. The Bertz CT molecular complexity index is 99.6. The average Bonchev–Trinajstić information content (AvgIpc) is 1.63. The van der Waals surface area contributed by atoms with Crippen molar-refractivity contribution in [2.75, 3.05) is 12.4 Å². The first-order chi connectivity index (χ1) is 4.16. The van der Waals surface area contributed by atoms with Crippen molar-refractivity contribution >= 4 is 20.1 Å². The summed E-state index contributed by atoms with van der Waals surface area (Å²) in [5, 5.41) is 0.543. The van der Waals surface area contributed by atoms with Gasteiger partial charge in [-0.2, -0.15) is 0 Å². The van der Waals surface area contributed by atoms with Crippen molar-refractivity contribution < 1.29 is 39.0 Å². The topological polar surface area (TPSA) is 32.3 Å². The molecule has 0 saturated heterocycles. The molecular formula is C5H10NaO2PS. The van der Waals surface area contributed by atoms with Gasteiger partial charge < -0.3 is 9.42 Å². The van der Waals surface area contributed by atoms with E-state index in [0.29, 0.717) is 5.09 Å². The SMILES string of the molecule is C=C(OP(C)[O-])SCC.[Na+]. The molecule has 0 fully saturated rings. The van der Waals surface area contributed by atoms with Crippen LogP contribution in [0, 0.1) is 0 Å². The van der Waals surface area contributed by atoms with Crippen LogP contribution >= 0.6 is 20.1 Å². The van der Waals surface area contributed by atoms with Gasteiger partial charge in [0.15, 0.2) is 0 Å². The van der Waals surface area contributed by atoms with E-state index in [1.807, 2.05) is 6.92 Å². The van der Waals surface area contributed by atoms with Gasteiger partial charge in [-0.1, -0.05) is 18.7 Å². The minimum absolute atomic E-state index is 0. The predicted molar refractivity (Wildman–Crippen MR) is 41.2 cm³/mol. The molecule has 5 heteroatoms. The van der Waals surface area contributed by atoms with Crippen molar-refractivity contribution in [3.63, 3.8) is 0 Å². The molecule has 0 aromatic carbocycles. The maximum Gasteiger partial charge on any atom is 1.00 e. The van der Waals surface area contributed by atoms with Crippen LogP contribution in [0.4, 0.5) is 0 Å². The van der Waals surface area contributed by atoms with Gasteiger partial charge in [0, 0.05) is 0 Å². The summed E-state index contributed by atoms with van der Waals surface area (Å²) in [7, 11) is -1.52. The van der Waals surface area contributed by atoms with Crippen LogP contribution in [-0.2, 0) is 4.52 Å². The van der Waals surface area contributed by atoms with Crippen LogP contribution in [0.3, 0.4) is 0 Å². The second kappa shape index (κ2) is 8.38. The summed E-state index contributed by atoms with van der Waals surface area (Å²) in [6.07, 6.45) is 0. The van der Waals surface area contributed by atoms with Gasteiger partial charge in [0.25, 0.3) is 0 Å². The van der Waals surface area contributed by atoms with Crippen LogP contribution in [-0.4, -0.2) is 12.4 Å². The van der Waals surface area contributed by atoms with Gasteiger partial charge in [0.2, 0.25) is 0 Å². The zero-order valence-electron chi connectivity index (χ0n) is 6.59. The summed E-state index contributed by atoms with van der Waals surface area (Å²) >= 11 is 1.46. The molecule has 0 aliphatic rings. The van der Waals surface area contributed by atoms with Gasteiger partial charge in [-0.25, -0.2) is 0 Å². The quantitative estimate of drug-likeness (QED) is 0.307. The van der Waals surface area contributed by atoms with Crippen molar-refractivity contribution in [2.24, 2.45) is 0 Å². The van der Waals surface area contributed by atoms with E-state index >= 15 is 0 Å². The standard InChI is InChI=1S/C5H10O2PS.Na/c1-4-9-5(2)7-8(3)6;/h2,4H2,1,3H3;/q-1;+1. The van der Waals surface area contributed by atoms with Gasteiger partial charge >= 0.3 is 29.6 Å². The fourth-order valence-electron chi connectivity index (χ4n) is 0.331. The Labute approximate surface area is 89.6 Å². The zero-order valence-corrected chi connectivity index (χ0v) is 10.3. The molecule has 1 atom stereocenters. The Morgan fingerprint density at radius 1 is 1.80 bits per heavy atom. The van der Waals surface area contributed by atoms with Crippen LogP contribution < -0.4 is 34.5 Å². The number of hydrogen-bond acceptors (Lipinski definition) is 3. The van der Waals surface area contributed by atoms with Crippen LogP contribution in [0.2, 0.25) is 0 Å². The maximum atomic E-state index is 10.4. The largest absolute Gasteiger partial charge is 1.00 e. The molecule has 0 amide bonds. The van der Waals surface area contributed by atoms with E-state index in [9.17, 15) is 4.89 Å². The first kappa shape index (κ1) is 13.8. The zero-order chi connectivity index (χ0) is 7.28. The monoisotopic (exact) mass is 188 g/mol. The Hall–Kier alpha value is 1.28. The van der Waals surface area contributed by atoms with E-state index in [1.165, 1.54) is 18.4 Å². The first-order valence-electron chi connectivity index (χ1n) is 2.57. The van der Waals surface area contributed by atoms with E-state index in [4.69, 9.17) is 4.52 Å². The third-order valence-electron chi connectivity index (χ3n) is 0.536. The molecule has 0 aromatic rings. The van der Waals surface area contributed by atoms with Crippen LogP contribution in [0.1, 0.15) is 6.92 Å². The number of rotatable bonds is 4. The van der Waals surface area contributed by atoms with Gasteiger partial charge in [0.1, 0.15) is 5.09 Å². The molecule has 0 aliphatic heterocycles. The molecule has 0 saturated carbocycles. The summed E-state index contributed by atoms with van der Waals surface area (Å²) in [6.45, 7) is 7.04. The summed E-state index contributed by atoms with van der Waals surface area (Å²) in [5.74, 6) is 0.905. The van der Waals surface area contributed by atoms with Gasteiger partial charge in [-0.15, -0.1) is 0 Å². The number of thioether (sulfide) groups is 1. The normalized spacial score (nSPS) is 11.5. The molecule has 0 bridgehead atoms. The van der Waals surface area contributed by atoms with E-state index in [-0.39, 0.29) is 29.6 Å². The first-order valence-corrected chi connectivity index (χ1v) is 5.18. The smallest absolute Gasteiger partial charge is 0.798 e. The fraction of sp³-hybridized carbons (Fsp3) is 0.600. The van der Waals surface area contributed by atoms with Gasteiger partial charge in [-0.3, -0.25) is 0 Å². The molecule has 0 radical (unpaired) electrons. The van der Waals surface area contributed by atoms with Crippen molar-refractivity contribution in [2.45, 2.75) is 6.92 Å². The van der Waals surface area contributed by atoms with Crippen LogP contribution in [0.15, 0.2) is 11.7 Å². The second-order valence-electron chi connectivity index (χ2n) is 1.34. The maximum absolute atomic E-state index is 10.4. The predicted octanol–water partition coefficient (Wildman–Crippen LogP) is -1.47. The molecule has 0 spiro atoms. The summed E-state index contributed by atoms with van der Waals surface area (Å²) in [4.78, 5) is 10.4. The van der Waals surface area contributed by atoms with Crippen LogP contribution in [0.25, 0.3) is 0 Å². The Morgan fingerprint density at radius 2 is 2.30 bits per heavy atom. The number of hydrogen-bond donors (Lipinski definition) is 0. The molecule has 0 aliphatic carbocycles. The molecule has 0 rings (SSSR count). The Morgan fingerprint density at radius 3 is 2.60 bits per heavy atom. The summed E-state index contributed by atoms with van der Waals surface area (Å²) < 4.78 is 4.77. The van der Waals surface area contributed by atoms with Crippen molar-refractivity contribution in [1.29, 1.82) is 0 Å². The Kier molecular flexibility index (Phi) is 11.6. The third kappa shape index (κ3) is 9.28. The molecule has 0 heterocycles. The fourth-order valence-corrected chi connectivity index (χ4v) is 1.47. The minimum Gasteiger partial charge on any atom is -0.798 e. The van der Waals surface area contributed by atoms with E-state index in [0.717, 1.165) is 5.75 Å². The average molecular weight is 188 g/mol. The molecule has 1 unspecified atom stereocenters.